The Morgan fingerprint density at radius 2 is 1.80 bits per heavy atom. The lowest BCUT2D eigenvalue weighted by Gasteiger charge is -2.12. The van der Waals surface area contributed by atoms with Crippen molar-refractivity contribution in [3.63, 3.8) is 0 Å². The number of anilines is 1. The molecule has 1 aromatic carbocycles. The van der Waals surface area contributed by atoms with E-state index in [0.29, 0.717) is 37.6 Å². The highest BCUT2D eigenvalue weighted by Gasteiger charge is 2.17. The van der Waals surface area contributed by atoms with Crippen LogP contribution in [0.25, 0.3) is 11.3 Å². The quantitative estimate of drug-likeness (QED) is 0.893. The van der Waals surface area contributed by atoms with Crippen LogP contribution in [0.4, 0.5) is 5.69 Å². The standard InChI is InChI=1S/C13H9Cl3N2O2/c14-7-3-9(15)12(10(16)4-7)13-6(2-11(19)20)1-8(17)5-18-13/h1,3-5H,2,17H2,(H,19,20). The van der Waals surface area contributed by atoms with Gasteiger partial charge in [0.25, 0.3) is 0 Å². The van der Waals surface area contributed by atoms with Crippen LogP contribution >= 0.6 is 34.8 Å². The van der Waals surface area contributed by atoms with E-state index in [2.05, 4.69) is 4.98 Å². The van der Waals surface area contributed by atoms with Crippen LogP contribution in [0, 0.1) is 0 Å². The number of benzene rings is 1. The first kappa shape index (κ1) is 14.9. The molecule has 0 radical (unpaired) electrons. The Balaban J connectivity index is 2.66. The molecule has 2 rings (SSSR count). The largest absolute Gasteiger partial charge is 0.481 e. The van der Waals surface area contributed by atoms with E-state index in [1.165, 1.54) is 24.4 Å². The van der Waals surface area contributed by atoms with Crippen LogP contribution in [-0.2, 0) is 11.2 Å². The zero-order valence-corrected chi connectivity index (χ0v) is 12.3. The Morgan fingerprint density at radius 3 is 2.35 bits per heavy atom. The van der Waals surface area contributed by atoms with Crippen molar-refractivity contribution >= 4 is 46.5 Å². The number of hydrogen-bond acceptors (Lipinski definition) is 3. The first-order valence-corrected chi connectivity index (χ1v) is 6.63. The molecule has 7 heteroatoms. The molecule has 0 fully saturated rings. The van der Waals surface area contributed by atoms with Crippen molar-refractivity contribution in [3.8, 4) is 11.3 Å². The molecule has 3 N–H and O–H groups in total. The average Bonchev–Trinajstić information content (AvgIpc) is 2.29. The first-order chi connectivity index (χ1) is 9.38. The number of aromatic nitrogens is 1. The molecule has 2 aromatic rings. The third kappa shape index (κ3) is 3.15. The minimum absolute atomic E-state index is 0.233. The number of nitrogens with zero attached hydrogens (tertiary/aromatic N) is 1. The van der Waals surface area contributed by atoms with Crippen molar-refractivity contribution in [1.82, 2.24) is 4.98 Å². The summed E-state index contributed by atoms with van der Waals surface area (Å²) in [6.07, 6.45) is 1.19. The van der Waals surface area contributed by atoms with Gasteiger partial charge in [0.15, 0.2) is 0 Å². The lowest BCUT2D eigenvalue weighted by Crippen LogP contribution is -2.05. The van der Waals surface area contributed by atoms with E-state index in [1.807, 2.05) is 0 Å². The summed E-state index contributed by atoms with van der Waals surface area (Å²) in [6, 6.07) is 4.58. The van der Waals surface area contributed by atoms with Crippen LogP contribution in [0.5, 0.6) is 0 Å². The molecule has 0 aliphatic rings. The molecule has 0 atom stereocenters. The first-order valence-electron chi connectivity index (χ1n) is 5.49. The second-order valence-corrected chi connectivity index (χ2v) is 5.34. The van der Waals surface area contributed by atoms with E-state index in [-0.39, 0.29) is 6.42 Å². The molecule has 1 heterocycles. The fourth-order valence-corrected chi connectivity index (χ4v) is 2.82. The number of nitrogens with two attached hydrogens (primary N) is 1. The number of carboxylic acids is 1. The molecule has 4 nitrogen and oxygen atoms in total. The Kier molecular flexibility index (Phi) is 4.38. The maximum Gasteiger partial charge on any atom is 0.307 e. The van der Waals surface area contributed by atoms with E-state index in [9.17, 15) is 4.79 Å². The second kappa shape index (κ2) is 5.87. The van der Waals surface area contributed by atoms with Crippen molar-refractivity contribution in [2.45, 2.75) is 6.42 Å². The fraction of sp³-hybridized carbons (Fsp3) is 0.0769. The summed E-state index contributed by atoms with van der Waals surface area (Å²) in [6.45, 7) is 0. The minimum atomic E-state index is -1.00. The van der Waals surface area contributed by atoms with Gasteiger partial charge in [-0.3, -0.25) is 9.78 Å². The van der Waals surface area contributed by atoms with Crippen LogP contribution in [0.3, 0.4) is 0 Å². The van der Waals surface area contributed by atoms with E-state index < -0.39 is 5.97 Å². The highest BCUT2D eigenvalue weighted by molar-refractivity contribution is 6.41. The van der Waals surface area contributed by atoms with Crippen LogP contribution in [0.2, 0.25) is 15.1 Å². The van der Waals surface area contributed by atoms with Gasteiger partial charge >= 0.3 is 5.97 Å². The lowest BCUT2D eigenvalue weighted by atomic mass is 10.0. The van der Waals surface area contributed by atoms with Gasteiger partial charge in [-0.2, -0.15) is 0 Å². The number of nitrogen functional groups attached to an aromatic ring is 1. The molecule has 0 bridgehead atoms. The third-order valence-electron chi connectivity index (χ3n) is 2.57. The second-order valence-electron chi connectivity index (χ2n) is 4.09. The molecular formula is C13H9Cl3N2O2. The van der Waals surface area contributed by atoms with E-state index in [4.69, 9.17) is 45.6 Å². The zero-order valence-electron chi connectivity index (χ0n) is 10.0. The highest BCUT2D eigenvalue weighted by Crippen LogP contribution is 2.38. The number of aliphatic carboxylic acids is 1. The summed E-state index contributed by atoms with van der Waals surface area (Å²) in [5, 5.41) is 9.94. The number of carboxylic acid groups (broad SMARTS) is 1. The van der Waals surface area contributed by atoms with Crippen molar-refractivity contribution in [1.29, 1.82) is 0 Å². The number of rotatable bonds is 3. The average molecular weight is 332 g/mol. The molecule has 0 amide bonds. The van der Waals surface area contributed by atoms with Gasteiger partial charge in [0, 0.05) is 10.6 Å². The van der Waals surface area contributed by atoms with Gasteiger partial charge in [-0.05, 0) is 23.8 Å². The van der Waals surface area contributed by atoms with Crippen LogP contribution in [0.1, 0.15) is 5.56 Å². The monoisotopic (exact) mass is 330 g/mol. The normalized spacial score (nSPS) is 10.6. The molecule has 104 valence electrons. The summed E-state index contributed by atoms with van der Waals surface area (Å²) in [5.41, 5.74) is 7.26. The molecule has 0 unspecified atom stereocenters. The fourth-order valence-electron chi connectivity index (χ4n) is 1.82. The Morgan fingerprint density at radius 1 is 1.20 bits per heavy atom. The number of pyridine rings is 1. The van der Waals surface area contributed by atoms with Gasteiger partial charge in [-0.25, -0.2) is 0 Å². The maximum atomic E-state index is 10.9. The minimum Gasteiger partial charge on any atom is -0.481 e. The smallest absolute Gasteiger partial charge is 0.307 e. The molecule has 20 heavy (non-hydrogen) atoms. The number of halogens is 3. The summed E-state index contributed by atoms with van der Waals surface area (Å²) in [7, 11) is 0. The summed E-state index contributed by atoms with van der Waals surface area (Å²) >= 11 is 18.1. The summed E-state index contributed by atoms with van der Waals surface area (Å²) < 4.78 is 0. The SMILES string of the molecule is Nc1cnc(-c2c(Cl)cc(Cl)cc2Cl)c(CC(=O)O)c1. The van der Waals surface area contributed by atoms with Crippen LogP contribution < -0.4 is 5.73 Å². The van der Waals surface area contributed by atoms with Gasteiger partial charge < -0.3 is 10.8 Å². The number of hydrogen-bond donors (Lipinski definition) is 2. The molecule has 1 aromatic heterocycles. The molecule has 0 saturated carbocycles. The summed E-state index contributed by atoms with van der Waals surface area (Å²) in [4.78, 5) is 15.1. The molecule has 0 aliphatic heterocycles. The number of carbonyl (C=O) groups is 1. The maximum absolute atomic E-state index is 10.9. The molecule has 0 aliphatic carbocycles. The lowest BCUT2D eigenvalue weighted by molar-refractivity contribution is -0.136. The topological polar surface area (TPSA) is 76.2 Å². The van der Waals surface area contributed by atoms with Crippen LogP contribution in [0.15, 0.2) is 24.4 Å². The molecule has 0 saturated heterocycles. The predicted molar refractivity (Wildman–Crippen MR) is 80.5 cm³/mol. The van der Waals surface area contributed by atoms with E-state index in [1.54, 1.807) is 0 Å². The van der Waals surface area contributed by atoms with Crippen molar-refractivity contribution in [2.75, 3.05) is 5.73 Å². The van der Waals surface area contributed by atoms with Crippen molar-refractivity contribution < 1.29 is 9.90 Å². The van der Waals surface area contributed by atoms with Gasteiger partial charge in [-0.1, -0.05) is 34.8 Å². The van der Waals surface area contributed by atoms with Crippen molar-refractivity contribution in [3.05, 3.63) is 45.0 Å². The highest BCUT2D eigenvalue weighted by atomic mass is 35.5. The third-order valence-corrected chi connectivity index (χ3v) is 3.39. The Bertz CT molecular complexity index is 666. The predicted octanol–water partition coefficient (Wildman–Crippen LogP) is 3.92. The van der Waals surface area contributed by atoms with Gasteiger partial charge in [-0.15, -0.1) is 0 Å². The van der Waals surface area contributed by atoms with E-state index >= 15 is 0 Å². The van der Waals surface area contributed by atoms with Gasteiger partial charge in [0.2, 0.25) is 0 Å². The molecule has 0 spiro atoms. The Labute approximate surface area is 130 Å². The zero-order chi connectivity index (χ0) is 14.9. The van der Waals surface area contributed by atoms with E-state index in [0.717, 1.165) is 0 Å². The molecular weight excluding hydrogens is 323 g/mol. The van der Waals surface area contributed by atoms with Crippen molar-refractivity contribution in [2.24, 2.45) is 0 Å². The van der Waals surface area contributed by atoms with Crippen LogP contribution in [-0.4, -0.2) is 16.1 Å². The van der Waals surface area contributed by atoms with Gasteiger partial charge in [0.1, 0.15) is 0 Å². The summed E-state index contributed by atoms with van der Waals surface area (Å²) in [5.74, 6) is -1.00. The van der Waals surface area contributed by atoms with Gasteiger partial charge in [0.05, 0.1) is 34.0 Å². The Hall–Kier alpha value is -1.49.